The number of hydrogen-bond donors (Lipinski definition) is 2. The summed E-state index contributed by atoms with van der Waals surface area (Å²) in [6.45, 7) is 5.06. The molecule has 2 N–H and O–H groups in total. The summed E-state index contributed by atoms with van der Waals surface area (Å²) in [5.41, 5.74) is 0.416. The molecule has 0 aromatic carbocycles. The fourth-order valence-corrected chi connectivity index (χ4v) is 4.36. The number of aryl methyl sites for hydroxylation is 2. The van der Waals surface area contributed by atoms with Crippen LogP contribution in [0.3, 0.4) is 0 Å². The molecule has 0 amide bonds. The Morgan fingerprint density at radius 2 is 1.94 bits per heavy atom. The third-order valence-electron chi connectivity index (χ3n) is 3.62. The second kappa shape index (κ2) is 4.48. The van der Waals surface area contributed by atoms with E-state index < -0.39 is 10.0 Å². The van der Waals surface area contributed by atoms with Crippen LogP contribution in [-0.2, 0) is 10.0 Å². The number of piperidine rings is 1. The smallest absolute Gasteiger partial charge is 0.246 e. The average molecular weight is 294 g/mol. The van der Waals surface area contributed by atoms with Gasteiger partial charge in [-0.25, -0.2) is 13.1 Å². The van der Waals surface area contributed by atoms with Gasteiger partial charge in [-0.15, -0.1) is 12.4 Å². The van der Waals surface area contributed by atoms with Crippen LogP contribution in [0, 0.1) is 25.7 Å². The Morgan fingerprint density at radius 3 is 2.44 bits per heavy atom. The molecule has 6 nitrogen and oxygen atoms in total. The summed E-state index contributed by atoms with van der Waals surface area (Å²) in [6, 6.07) is 0.0787. The molecular weight excluding hydrogens is 278 g/mol. The van der Waals surface area contributed by atoms with Crippen LogP contribution < -0.4 is 10.0 Å². The van der Waals surface area contributed by atoms with Gasteiger partial charge in [0.15, 0.2) is 5.76 Å². The summed E-state index contributed by atoms with van der Waals surface area (Å²) >= 11 is 0. The van der Waals surface area contributed by atoms with E-state index in [1.54, 1.807) is 13.8 Å². The van der Waals surface area contributed by atoms with Crippen LogP contribution >= 0.6 is 12.4 Å². The zero-order chi connectivity index (χ0) is 12.2. The normalized spacial score (nSPS) is 29.8. The molecule has 102 valence electrons. The topological polar surface area (TPSA) is 84.2 Å². The maximum atomic E-state index is 12.2. The first kappa shape index (κ1) is 13.8. The van der Waals surface area contributed by atoms with Crippen molar-refractivity contribution in [3.05, 3.63) is 11.5 Å². The number of fused-ring (bicyclic) bond motifs is 1. The van der Waals surface area contributed by atoms with Crippen molar-refractivity contribution >= 4 is 22.4 Å². The third kappa shape index (κ3) is 2.05. The number of aromatic nitrogens is 1. The Labute approximate surface area is 112 Å². The van der Waals surface area contributed by atoms with Crippen LogP contribution in [0.25, 0.3) is 0 Å². The number of rotatable bonds is 3. The summed E-state index contributed by atoms with van der Waals surface area (Å²) in [5.74, 6) is 1.24. The van der Waals surface area contributed by atoms with Crippen molar-refractivity contribution in [2.24, 2.45) is 11.8 Å². The first-order chi connectivity index (χ1) is 8.00. The van der Waals surface area contributed by atoms with Crippen LogP contribution in [0.15, 0.2) is 9.42 Å². The summed E-state index contributed by atoms with van der Waals surface area (Å²) in [5, 5.41) is 6.91. The number of sulfonamides is 1. The van der Waals surface area contributed by atoms with Gasteiger partial charge in [0.1, 0.15) is 10.6 Å². The molecule has 1 saturated heterocycles. The zero-order valence-electron chi connectivity index (χ0n) is 10.1. The van der Waals surface area contributed by atoms with E-state index in [1.165, 1.54) is 0 Å². The van der Waals surface area contributed by atoms with E-state index in [4.69, 9.17) is 4.52 Å². The lowest BCUT2D eigenvalue weighted by molar-refractivity contribution is 0.390. The van der Waals surface area contributed by atoms with Gasteiger partial charge in [-0.3, -0.25) is 0 Å². The molecule has 18 heavy (non-hydrogen) atoms. The van der Waals surface area contributed by atoms with E-state index in [9.17, 15) is 8.42 Å². The number of hydrogen-bond acceptors (Lipinski definition) is 5. The molecule has 0 bridgehead atoms. The molecule has 0 spiro atoms. The van der Waals surface area contributed by atoms with Gasteiger partial charge in [0.25, 0.3) is 0 Å². The van der Waals surface area contributed by atoms with Gasteiger partial charge >= 0.3 is 0 Å². The van der Waals surface area contributed by atoms with Crippen LogP contribution in [0.2, 0.25) is 0 Å². The van der Waals surface area contributed by atoms with Gasteiger partial charge in [-0.1, -0.05) is 5.16 Å². The number of halogens is 1. The second-order valence-electron chi connectivity index (χ2n) is 4.79. The molecule has 2 fully saturated rings. The Bertz CT molecular complexity index is 527. The molecule has 8 heteroatoms. The number of nitrogens with one attached hydrogen (secondary N) is 2. The summed E-state index contributed by atoms with van der Waals surface area (Å²) in [6.07, 6.45) is 0. The lowest BCUT2D eigenvalue weighted by Gasteiger charge is -2.08. The van der Waals surface area contributed by atoms with E-state index in [0.29, 0.717) is 23.3 Å². The van der Waals surface area contributed by atoms with Crippen molar-refractivity contribution in [3.8, 4) is 0 Å². The van der Waals surface area contributed by atoms with Crippen LogP contribution in [0.1, 0.15) is 11.5 Å². The first-order valence-electron chi connectivity index (χ1n) is 5.66. The SMILES string of the molecule is Cc1noc(C)c1S(=O)(=O)NC1C2CNCC21.Cl. The molecule has 2 aliphatic rings. The quantitative estimate of drug-likeness (QED) is 0.832. The van der Waals surface area contributed by atoms with Crippen LogP contribution in [0.5, 0.6) is 0 Å². The van der Waals surface area contributed by atoms with Gasteiger partial charge in [-0.05, 0) is 38.8 Å². The molecule has 1 aliphatic carbocycles. The standard InChI is InChI=1S/C10H15N3O3S.ClH/c1-5-10(6(2)16-12-5)17(14,15)13-9-7-3-11-4-8(7)9;/h7-9,11,13H,3-4H2,1-2H3;1H. The summed E-state index contributed by atoms with van der Waals surface area (Å²) in [4.78, 5) is 0.190. The van der Waals surface area contributed by atoms with Crippen molar-refractivity contribution in [3.63, 3.8) is 0 Å². The second-order valence-corrected chi connectivity index (χ2v) is 6.44. The van der Waals surface area contributed by atoms with E-state index in [1.807, 2.05) is 0 Å². The molecule has 0 radical (unpaired) electrons. The van der Waals surface area contributed by atoms with Crippen molar-refractivity contribution in [1.82, 2.24) is 15.2 Å². The molecule has 1 aromatic rings. The third-order valence-corrected chi connectivity index (χ3v) is 5.32. The zero-order valence-corrected chi connectivity index (χ0v) is 11.8. The molecule has 1 aliphatic heterocycles. The van der Waals surface area contributed by atoms with Crippen LogP contribution in [0.4, 0.5) is 0 Å². The van der Waals surface area contributed by atoms with E-state index in [2.05, 4.69) is 15.2 Å². The van der Waals surface area contributed by atoms with E-state index in [0.717, 1.165) is 13.1 Å². The minimum Gasteiger partial charge on any atom is -0.360 e. The van der Waals surface area contributed by atoms with Crippen molar-refractivity contribution in [2.75, 3.05) is 13.1 Å². The lowest BCUT2D eigenvalue weighted by atomic mass is 10.4. The summed E-state index contributed by atoms with van der Waals surface area (Å²) in [7, 11) is -3.49. The maximum Gasteiger partial charge on any atom is 0.246 e. The highest BCUT2D eigenvalue weighted by molar-refractivity contribution is 7.89. The van der Waals surface area contributed by atoms with Gasteiger partial charge in [-0.2, -0.15) is 0 Å². The minimum absolute atomic E-state index is 0. The molecular formula is C10H16ClN3O3S. The molecule has 3 rings (SSSR count). The fraction of sp³-hybridized carbons (Fsp3) is 0.700. The Balaban J connectivity index is 0.00000120. The molecule has 1 aromatic heterocycles. The van der Waals surface area contributed by atoms with Gasteiger partial charge < -0.3 is 9.84 Å². The predicted octanol–water partition coefficient (Wildman–Crippen LogP) is 0.209. The van der Waals surface area contributed by atoms with Crippen molar-refractivity contribution in [2.45, 2.75) is 24.8 Å². The maximum absolute atomic E-state index is 12.2. The van der Waals surface area contributed by atoms with Gasteiger partial charge in [0.05, 0.1) is 0 Å². The molecule has 1 saturated carbocycles. The monoisotopic (exact) mass is 293 g/mol. The predicted molar refractivity (Wildman–Crippen MR) is 67.2 cm³/mol. The van der Waals surface area contributed by atoms with E-state index in [-0.39, 0.29) is 23.3 Å². The average Bonchev–Trinajstić information content (AvgIpc) is 2.68. The highest BCUT2D eigenvalue weighted by atomic mass is 35.5. The Kier molecular flexibility index (Phi) is 3.44. The highest BCUT2D eigenvalue weighted by Gasteiger charge is 2.54. The lowest BCUT2D eigenvalue weighted by Crippen LogP contribution is -2.33. The summed E-state index contributed by atoms with van der Waals surface area (Å²) < 4.78 is 32.0. The molecule has 2 atom stereocenters. The van der Waals surface area contributed by atoms with Crippen LogP contribution in [-0.4, -0.2) is 32.7 Å². The fourth-order valence-electron chi connectivity index (χ4n) is 2.69. The highest BCUT2D eigenvalue weighted by Crippen LogP contribution is 2.42. The first-order valence-corrected chi connectivity index (χ1v) is 7.15. The Morgan fingerprint density at radius 1 is 1.33 bits per heavy atom. The largest absolute Gasteiger partial charge is 0.360 e. The van der Waals surface area contributed by atoms with Gasteiger partial charge in [0, 0.05) is 6.04 Å². The molecule has 2 heterocycles. The van der Waals surface area contributed by atoms with E-state index >= 15 is 0 Å². The van der Waals surface area contributed by atoms with Crippen molar-refractivity contribution in [1.29, 1.82) is 0 Å². The molecule has 2 unspecified atom stereocenters. The Hall–Kier alpha value is -0.630. The number of nitrogens with zero attached hydrogens (tertiary/aromatic N) is 1. The van der Waals surface area contributed by atoms with Crippen molar-refractivity contribution < 1.29 is 12.9 Å². The minimum atomic E-state index is -3.49. The van der Waals surface area contributed by atoms with Gasteiger partial charge in [0.2, 0.25) is 10.0 Å².